The number of hydrogen-bond donors (Lipinski definition) is 1. The molecule has 0 radical (unpaired) electrons. The van der Waals surface area contributed by atoms with Gasteiger partial charge in [-0.05, 0) is 37.0 Å². The predicted octanol–water partition coefficient (Wildman–Crippen LogP) is 3.64. The SMILES string of the molecule is CC1CNC2(CCC(C(C)(C)C)CC2)S1. The van der Waals surface area contributed by atoms with Gasteiger partial charge in [-0.1, -0.05) is 27.7 Å². The molecule has 2 heteroatoms. The first-order chi connectivity index (χ1) is 6.91. The maximum Gasteiger partial charge on any atom is 0.0648 e. The van der Waals surface area contributed by atoms with Gasteiger partial charge in [-0.2, -0.15) is 0 Å². The molecule has 1 saturated heterocycles. The van der Waals surface area contributed by atoms with Crippen molar-refractivity contribution in [2.45, 2.75) is 63.5 Å². The average molecular weight is 227 g/mol. The van der Waals surface area contributed by atoms with E-state index in [0.29, 0.717) is 10.3 Å². The predicted molar refractivity (Wildman–Crippen MR) is 69.2 cm³/mol. The van der Waals surface area contributed by atoms with Crippen LogP contribution in [0.4, 0.5) is 0 Å². The molecular formula is C13H25NS. The topological polar surface area (TPSA) is 12.0 Å². The quantitative estimate of drug-likeness (QED) is 0.678. The fraction of sp³-hybridized carbons (Fsp3) is 1.00. The van der Waals surface area contributed by atoms with Gasteiger partial charge in [0.2, 0.25) is 0 Å². The second kappa shape index (κ2) is 3.96. The Morgan fingerprint density at radius 3 is 2.20 bits per heavy atom. The summed E-state index contributed by atoms with van der Waals surface area (Å²) < 4.78 is 0. The zero-order valence-electron chi connectivity index (χ0n) is 10.6. The molecule has 0 aromatic carbocycles. The molecular weight excluding hydrogens is 202 g/mol. The van der Waals surface area contributed by atoms with Crippen molar-refractivity contribution in [3.05, 3.63) is 0 Å². The molecule has 1 heterocycles. The van der Waals surface area contributed by atoms with Gasteiger partial charge in [0.1, 0.15) is 0 Å². The molecule has 1 atom stereocenters. The Bertz CT molecular complexity index is 223. The van der Waals surface area contributed by atoms with Gasteiger partial charge >= 0.3 is 0 Å². The van der Waals surface area contributed by atoms with E-state index in [0.717, 1.165) is 11.2 Å². The third-order valence-electron chi connectivity index (χ3n) is 4.16. The van der Waals surface area contributed by atoms with Crippen molar-refractivity contribution >= 4 is 11.8 Å². The summed E-state index contributed by atoms with van der Waals surface area (Å²) in [5.41, 5.74) is 0.510. The fourth-order valence-corrected chi connectivity index (χ4v) is 4.62. The van der Waals surface area contributed by atoms with Crippen molar-refractivity contribution in [3.8, 4) is 0 Å². The Hall–Kier alpha value is 0.310. The van der Waals surface area contributed by atoms with Crippen molar-refractivity contribution in [2.24, 2.45) is 11.3 Å². The second-order valence-electron chi connectivity index (χ2n) is 6.44. The molecule has 0 aromatic heterocycles. The smallest absolute Gasteiger partial charge is 0.0648 e. The highest BCUT2D eigenvalue weighted by Gasteiger charge is 2.42. The standard InChI is InChI=1S/C13H25NS/c1-10-9-14-13(15-10)7-5-11(6-8-13)12(2,3)4/h10-11,14H,5-9H2,1-4H3. The Labute approximate surface area is 98.8 Å². The first-order valence-electron chi connectivity index (χ1n) is 6.34. The lowest BCUT2D eigenvalue weighted by atomic mass is 9.71. The number of rotatable bonds is 0. The van der Waals surface area contributed by atoms with Crippen LogP contribution in [0.1, 0.15) is 53.4 Å². The van der Waals surface area contributed by atoms with E-state index in [1.54, 1.807) is 0 Å². The van der Waals surface area contributed by atoms with Crippen molar-refractivity contribution in [2.75, 3.05) is 6.54 Å². The molecule has 0 bridgehead atoms. The molecule has 1 saturated carbocycles. The first-order valence-corrected chi connectivity index (χ1v) is 7.22. The van der Waals surface area contributed by atoms with E-state index in [4.69, 9.17) is 0 Å². The zero-order chi connectivity index (χ0) is 11.1. The Kier molecular flexibility index (Phi) is 3.11. The van der Waals surface area contributed by atoms with Crippen molar-refractivity contribution in [3.63, 3.8) is 0 Å². The molecule has 1 aliphatic heterocycles. The lowest BCUT2D eigenvalue weighted by molar-refractivity contribution is 0.153. The van der Waals surface area contributed by atoms with Crippen molar-refractivity contribution in [1.82, 2.24) is 5.32 Å². The van der Waals surface area contributed by atoms with E-state index in [-0.39, 0.29) is 0 Å². The lowest BCUT2D eigenvalue weighted by Gasteiger charge is -2.42. The lowest BCUT2D eigenvalue weighted by Crippen LogP contribution is -2.42. The molecule has 88 valence electrons. The van der Waals surface area contributed by atoms with Crippen LogP contribution in [0, 0.1) is 11.3 Å². The summed E-state index contributed by atoms with van der Waals surface area (Å²) in [6.45, 7) is 10.8. The van der Waals surface area contributed by atoms with Gasteiger partial charge < -0.3 is 5.32 Å². The fourth-order valence-electron chi connectivity index (χ4n) is 3.04. The van der Waals surface area contributed by atoms with Gasteiger partial charge in [-0.3, -0.25) is 0 Å². The highest BCUT2D eigenvalue weighted by molar-refractivity contribution is 8.01. The minimum absolute atomic E-state index is 0.459. The van der Waals surface area contributed by atoms with Gasteiger partial charge in [0.05, 0.1) is 4.87 Å². The molecule has 2 aliphatic rings. The van der Waals surface area contributed by atoms with E-state index in [1.807, 2.05) is 0 Å². The maximum atomic E-state index is 3.76. The Balaban J connectivity index is 1.92. The minimum atomic E-state index is 0.459. The minimum Gasteiger partial charge on any atom is -0.302 e. The highest BCUT2D eigenvalue weighted by atomic mass is 32.2. The van der Waals surface area contributed by atoms with Gasteiger partial charge in [0, 0.05) is 11.8 Å². The largest absolute Gasteiger partial charge is 0.302 e. The van der Waals surface area contributed by atoms with Crippen molar-refractivity contribution in [1.29, 1.82) is 0 Å². The molecule has 2 rings (SSSR count). The normalized spacial score (nSPS) is 42.4. The maximum absolute atomic E-state index is 3.76. The van der Waals surface area contributed by atoms with Crippen molar-refractivity contribution < 1.29 is 0 Å². The first kappa shape index (κ1) is 11.8. The van der Waals surface area contributed by atoms with Crippen LogP contribution < -0.4 is 5.32 Å². The van der Waals surface area contributed by atoms with Gasteiger partial charge in [0.25, 0.3) is 0 Å². The number of nitrogens with one attached hydrogen (secondary N) is 1. The molecule has 2 fully saturated rings. The van der Waals surface area contributed by atoms with E-state index in [1.165, 1.54) is 32.2 Å². The van der Waals surface area contributed by atoms with Crippen LogP contribution in [-0.2, 0) is 0 Å². The van der Waals surface area contributed by atoms with E-state index in [9.17, 15) is 0 Å². The molecule has 15 heavy (non-hydrogen) atoms. The number of hydrogen-bond acceptors (Lipinski definition) is 2. The van der Waals surface area contributed by atoms with Crippen LogP contribution in [0.25, 0.3) is 0 Å². The van der Waals surface area contributed by atoms with Crippen LogP contribution in [0.2, 0.25) is 0 Å². The third kappa shape index (κ3) is 2.52. The van der Waals surface area contributed by atoms with Crippen LogP contribution in [0.5, 0.6) is 0 Å². The molecule has 1 unspecified atom stereocenters. The van der Waals surface area contributed by atoms with Gasteiger partial charge in [-0.15, -0.1) is 11.8 Å². The van der Waals surface area contributed by atoms with Gasteiger partial charge in [-0.25, -0.2) is 0 Å². The molecule has 1 nitrogen and oxygen atoms in total. The summed E-state index contributed by atoms with van der Waals surface area (Å²) in [6.07, 6.45) is 5.58. The third-order valence-corrected chi connectivity index (χ3v) is 5.73. The summed E-state index contributed by atoms with van der Waals surface area (Å²) in [7, 11) is 0. The van der Waals surface area contributed by atoms with Gasteiger partial charge in [0.15, 0.2) is 0 Å². The zero-order valence-corrected chi connectivity index (χ0v) is 11.4. The molecule has 0 aromatic rings. The van der Waals surface area contributed by atoms with E-state index in [2.05, 4.69) is 44.8 Å². The Morgan fingerprint density at radius 1 is 1.20 bits per heavy atom. The summed E-state index contributed by atoms with van der Waals surface area (Å²) in [5.74, 6) is 0.932. The monoisotopic (exact) mass is 227 g/mol. The highest BCUT2D eigenvalue weighted by Crippen LogP contribution is 2.48. The second-order valence-corrected chi connectivity index (χ2v) is 8.27. The summed E-state index contributed by atoms with van der Waals surface area (Å²) >= 11 is 2.19. The number of thioether (sulfide) groups is 1. The summed E-state index contributed by atoms with van der Waals surface area (Å²) in [5, 5.41) is 4.57. The van der Waals surface area contributed by atoms with Crippen LogP contribution >= 0.6 is 11.8 Å². The van der Waals surface area contributed by atoms with Crippen LogP contribution in [0.15, 0.2) is 0 Å². The summed E-state index contributed by atoms with van der Waals surface area (Å²) in [4.78, 5) is 0.459. The average Bonchev–Trinajstić information content (AvgIpc) is 2.47. The molecule has 1 N–H and O–H groups in total. The van der Waals surface area contributed by atoms with Crippen LogP contribution in [-0.4, -0.2) is 16.7 Å². The molecule has 1 spiro atoms. The van der Waals surface area contributed by atoms with E-state index < -0.39 is 0 Å². The van der Waals surface area contributed by atoms with Crippen LogP contribution in [0.3, 0.4) is 0 Å². The Morgan fingerprint density at radius 2 is 1.80 bits per heavy atom. The van der Waals surface area contributed by atoms with E-state index >= 15 is 0 Å². The molecule has 1 aliphatic carbocycles. The summed E-state index contributed by atoms with van der Waals surface area (Å²) in [6, 6.07) is 0. The molecule has 0 amide bonds.